The van der Waals surface area contributed by atoms with E-state index in [2.05, 4.69) is 5.32 Å². The lowest BCUT2D eigenvalue weighted by molar-refractivity contribution is -0.137. The lowest BCUT2D eigenvalue weighted by Crippen LogP contribution is -2.59. The Bertz CT molecular complexity index is 939. The first kappa shape index (κ1) is 25.0. The van der Waals surface area contributed by atoms with E-state index < -0.39 is 38.7 Å². The van der Waals surface area contributed by atoms with Gasteiger partial charge >= 0.3 is 6.18 Å². The van der Waals surface area contributed by atoms with E-state index >= 15 is 0 Å². The van der Waals surface area contributed by atoms with Crippen LogP contribution in [0.25, 0.3) is 0 Å². The molecular formula is C22H32F3N3O3S. The molecule has 1 N–H and O–H groups in total. The zero-order chi connectivity index (χ0) is 23.9. The molecule has 0 bridgehead atoms. The Balaban J connectivity index is 1.88. The molecule has 2 aliphatic rings. The second kappa shape index (κ2) is 8.95. The van der Waals surface area contributed by atoms with E-state index in [9.17, 15) is 26.4 Å². The van der Waals surface area contributed by atoms with Crippen LogP contribution in [0.1, 0.15) is 58.1 Å². The molecule has 3 rings (SSSR count). The fourth-order valence-electron chi connectivity index (χ4n) is 4.57. The maximum atomic E-state index is 13.3. The van der Waals surface area contributed by atoms with Crippen molar-refractivity contribution in [2.45, 2.75) is 76.6 Å². The number of carbonyl (C=O) groups is 1. The highest BCUT2D eigenvalue weighted by atomic mass is 32.2. The van der Waals surface area contributed by atoms with Crippen LogP contribution in [0.3, 0.4) is 0 Å². The van der Waals surface area contributed by atoms with Crippen LogP contribution in [0.5, 0.6) is 0 Å². The molecule has 1 aromatic carbocycles. The molecule has 0 radical (unpaired) electrons. The monoisotopic (exact) mass is 475 g/mol. The first-order valence-corrected chi connectivity index (χ1v) is 12.5. The molecule has 32 heavy (non-hydrogen) atoms. The van der Waals surface area contributed by atoms with Crippen molar-refractivity contribution in [2.75, 3.05) is 13.1 Å². The highest BCUT2D eigenvalue weighted by molar-refractivity contribution is 7.89. The number of rotatable bonds is 6. The van der Waals surface area contributed by atoms with Gasteiger partial charge in [-0.2, -0.15) is 13.2 Å². The van der Waals surface area contributed by atoms with E-state index in [1.165, 1.54) is 10.4 Å². The quantitative estimate of drug-likeness (QED) is 0.683. The molecule has 2 aliphatic heterocycles. The fraction of sp³-hybridized carbons (Fsp3) is 0.682. The average Bonchev–Trinajstić information content (AvgIpc) is 2.92. The first-order chi connectivity index (χ1) is 14.8. The Hall–Kier alpha value is -1.65. The van der Waals surface area contributed by atoms with Gasteiger partial charge in [0.25, 0.3) is 0 Å². The number of piperidine rings is 1. The molecule has 2 saturated heterocycles. The summed E-state index contributed by atoms with van der Waals surface area (Å²) in [6, 6.07) is 4.59. The highest BCUT2D eigenvalue weighted by Gasteiger charge is 2.52. The molecule has 0 saturated carbocycles. The minimum Gasteiger partial charge on any atom is -0.319 e. The molecule has 180 valence electrons. The summed E-state index contributed by atoms with van der Waals surface area (Å²) < 4.78 is 66.2. The zero-order valence-corrected chi connectivity index (χ0v) is 19.8. The smallest absolute Gasteiger partial charge is 0.319 e. The summed E-state index contributed by atoms with van der Waals surface area (Å²) in [5, 5.41) is 2.90. The van der Waals surface area contributed by atoms with Crippen LogP contribution >= 0.6 is 0 Å². The number of hydrogen-bond donors (Lipinski definition) is 1. The summed E-state index contributed by atoms with van der Waals surface area (Å²) in [5.41, 5.74) is -1.12. The van der Waals surface area contributed by atoms with E-state index in [1.54, 1.807) is 24.8 Å². The Kier molecular flexibility index (Phi) is 6.98. The van der Waals surface area contributed by atoms with Crippen LogP contribution in [0.15, 0.2) is 24.3 Å². The van der Waals surface area contributed by atoms with E-state index in [-0.39, 0.29) is 31.5 Å². The number of amides is 1. The molecule has 0 aliphatic carbocycles. The zero-order valence-electron chi connectivity index (χ0n) is 18.9. The molecule has 6 nitrogen and oxygen atoms in total. The minimum atomic E-state index is -4.46. The molecule has 2 fully saturated rings. The van der Waals surface area contributed by atoms with Crippen LogP contribution in [-0.2, 0) is 27.5 Å². The Labute approximate surface area is 188 Å². The predicted molar refractivity (Wildman–Crippen MR) is 116 cm³/mol. The number of benzene rings is 1. The Morgan fingerprint density at radius 2 is 1.78 bits per heavy atom. The molecule has 1 atom stereocenters. The molecule has 1 spiro atoms. The normalized spacial score (nSPS) is 22.5. The van der Waals surface area contributed by atoms with Gasteiger partial charge in [0.1, 0.15) is 0 Å². The second-order valence-electron chi connectivity index (χ2n) is 9.47. The second-order valence-corrected chi connectivity index (χ2v) is 12.0. The van der Waals surface area contributed by atoms with Crippen LogP contribution in [0, 0.1) is 5.92 Å². The van der Waals surface area contributed by atoms with Gasteiger partial charge in [0.05, 0.1) is 22.5 Å². The van der Waals surface area contributed by atoms with Crippen molar-refractivity contribution >= 4 is 15.9 Å². The summed E-state index contributed by atoms with van der Waals surface area (Å²) in [7, 11) is -3.41. The topological polar surface area (TPSA) is 69.7 Å². The lowest BCUT2D eigenvalue weighted by atomic mass is 9.96. The lowest BCUT2D eigenvalue weighted by Gasteiger charge is -2.44. The van der Waals surface area contributed by atoms with E-state index in [0.29, 0.717) is 24.8 Å². The number of nitrogens with zero attached hydrogens (tertiary/aromatic N) is 2. The van der Waals surface area contributed by atoms with Gasteiger partial charge < -0.3 is 4.90 Å². The van der Waals surface area contributed by atoms with Crippen molar-refractivity contribution in [3.05, 3.63) is 35.4 Å². The molecule has 1 amide bonds. The predicted octanol–water partition coefficient (Wildman–Crippen LogP) is 3.58. The van der Waals surface area contributed by atoms with Crippen molar-refractivity contribution in [2.24, 2.45) is 5.92 Å². The molecule has 1 aromatic rings. The van der Waals surface area contributed by atoms with Crippen LogP contribution < -0.4 is 5.32 Å². The minimum absolute atomic E-state index is 0.0429. The third kappa shape index (κ3) is 4.97. The standard InChI is InChI=1S/C22H32F3N3O3S/c1-15(2)12-19-20(29)28(14-17-6-5-7-18(13-17)22(23,24)25)21(26-19)8-10-27(11-9-21)32(30,31)16(3)4/h5-7,13,15-16,19,26H,8-12,14H2,1-4H3/t19-/m0/s1. The largest absolute Gasteiger partial charge is 0.416 e. The molecular weight excluding hydrogens is 443 g/mol. The van der Waals surface area contributed by atoms with Crippen molar-refractivity contribution in [3.63, 3.8) is 0 Å². The third-order valence-electron chi connectivity index (χ3n) is 6.33. The van der Waals surface area contributed by atoms with Gasteiger partial charge in [0, 0.05) is 19.6 Å². The summed E-state index contributed by atoms with van der Waals surface area (Å²) in [6.07, 6.45) is -3.08. The summed E-state index contributed by atoms with van der Waals surface area (Å²) >= 11 is 0. The van der Waals surface area contributed by atoms with Gasteiger partial charge in [-0.15, -0.1) is 0 Å². The van der Waals surface area contributed by atoms with Gasteiger partial charge in [0.2, 0.25) is 15.9 Å². The summed E-state index contributed by atoms with van der Waals surface area (Å²) in [6.45, 7) is 7.85. The van der Waals surface area contributed by atoms with E-state index in [0.717, 1.165) is 12.1 Å². The van der Waals surface area contributed by atoms with Crippen molar-refractivity contribution in [3.8, 4) is 0 Å². The van der Waals surface area contributed by atoms with Crippen molar-refractivity contribution in [1.29, 1.82) is 0 Å². The SMILES string of the molecule is CC(C)C[C@@H]1NC2(CCN(S(=O)(=O)C(C)C)CC2)N(Cc2cccc(C(F)(F)F)c2)C1=O. The van der Waals surface area contributed by atoms with Gasteiger partial charge in [-0.1, -0.05) is 26.0 Å². The first-order valence-electron chi connectivity index (χ1n) is 11.0. The van der Waals surface area contributed by atoms with Gasteiger partial charge in [0.15, 0.2) is 0 Å². The molecule has 2 heterocycles. The summed E-state index contributed by atoms with van der Waals surface area (Å²) in [5.74, 6) is 0.111. The van der Waals surface area contributed by atoms with E-state index in [4.69, 9.17) is 0 Å². The Morgan fingerprint density at radius 1 is 1.16 bits per heavy atom. The number of sulfonamides is 1. The maximum absolute atomic E-state index is 13.3. The van der Waals surface area contributed by atoms with Crippen LogP contribution in [-0.4, -0.2) is 53.6 Å². The van der Waals surface area contributed by atoms with E-state index in [1.807, 2.05) is 13.8 Å². The van der Waals surface area contributed by atoms with Crippen molar-refractivity contribution in [1.82, 2.24) is 14.5 Å². The number of hydrogen-bond acceptors (Lipinski definition) is 4. The number of carbonyl (C=O) groups excluding carboxylic acids is 1. The summed E-state index contributed by atoms with van der Waals surface area (Å²) in [4.78, 5) is 14.9. The highest BCUT2D eigenvalue weighted by Crippen LogP contribution is 2.37. The number of nitrogens with one attached hydrogen (secondary N) is 1. The van der Waals surface area contributed by atoms with Crippen LogP contribution in [0.2, 0.25) is 0 Å². The molecule has 10 heteroatoms. The fourth-order valence-corrected chi connectivity index (χ4v) is 5.86. The van der Waals surface area contributed by atoms with Gasteiger partial charge in [-0.05, 0) is 56.7 Å². The number of halogens is 3. The van der Waals surface area contributed by atoms with Gasteiger partial charge in [-0.3, -0.25) is 10.1 Å². The average molecular weight is 476 g/mol. The maximum Gasteiger partial charge on any atom is 0.416 e. The molecule has 0 unspecified atom stereocenters. The van der Waals surface area contributed by atoms with Gasteiger partial charge in [-0.25, -0.2) is 12.7 Å². The molecule has 0 aromatic heterocycles. The van der Waals surface area contributed by atoms with Crippen LogP contribution in [0.4, 0.5) is 13.2 Å². The van der Waals surface area contributed by atoms with Crippen molar-refractivity contribution < 1.29 is 26.4 Å². The Morgan fingerprint density at radius 3 is 2.31 bits per heavy atom. The third-order valence-corrected chi connectivity index (χ3v) is 8.61. The number of alkyl halides is 3.